The molecule has 0 fully saturated rings. The zero-order valence-corrected chi connectivity index (χ0v) is 9.94. The lowest BCUT2D eigenvalue weighted by Gasteiger charge is -1.90. The van der Waals surface area contributed by atoms with Gasteiger partial charge in [-0.1, -0.05) is 0 Å². The minimum absolute atomic E-state index is 0.352. The van der Waals surface area contributed by atoms with Crippen LogP contribution < -0.4 is 0 Å². The lowest BCUT2D eigenvalue weighted by atomic mass is 10.2. The second kappa shape index (κ2) is 4.88. The summed E-state index contributed by atoms with van der Waals surface area (Å²) in [5.41, 5.74) is 1.75. The maximum absolute atomic E-state index is 10.8. The van der Waals surface area contributed by atoms with Gasteiger partial charge in [0.1, 0.15) is 11.2 Å². The molecule has 5 heteroatoms. The van der Waals surface area contributed by atoms with Gasteiger partial charge < -0.3 is 5.11 Å². The summed E-state index contributed by atoms with van der Waals surface area (Å²) in [4.78, 5) is 20.0. The Hall–Kier alpha value is -2.01. The van der Waals surface area contributed by atoms with Crippen LogP contribution in [0.5, 0.6) is 0 Å². The van der Waals surface area contributed by atoms with Crippen LogP contribution in [-0.2, 0) is 0 Å². The lowest BCUT2D eigenvalue weighted by molar-refractivity contribution is 0.0702. The van der Waals surface area contributed by atoms with E-state index < -0.39 is 5.97 Å². The van der Waals surface area contributed by atoms with Crippen molar-refractivity contribution in [3.63, 3.8) is 0 Å². The third-order valence-electron chi connectivity index (χ3n) is 2.18. The van der Waals surface area contributed by atoms with Crippen LogP contribution in [0.25, 0.3) is 12.2 Å². The fourth-order valence-corrected chi connectivity index (χ4v) is 2.24. The van der Waals surface area contributed by atoms with Crippen molar-refractivity contribution in [2.75, 3.05) is 0 Å². The number of thiophene rings is 1. The molecule has 4 nitrogen and oxygen atoms in total. The van der Waals surface area contributed by atoms with E-state index in [4.69, 9.17) is 5.11 Å². The van der Waals surface area contributed by atoms with Gasteiger partial charge in [-0.15, -0.1) is 11.3 Å². The Kier molecular flexibility index (Phi) is 3.30. The predicted octanol–water partition coefficient (Wildman–Crippen LogP) is 2.72. The molecule has 0 saturated heterocycles. The molecule has 0 unspecified atom stereocenters. The van der Waals surface area contributed by atoms with E-state index in [9.17, 15) is 4.79 Å². The molecule has 0 aliphatic carbocycles. The molecule has 0 spiro atoms. The summed E-state index contributed by atoms with van der Waals surface area (Å²) in [5, 5.41) is 8.87. The third-order valence-corrected chi connectivity index (χ3v) is 3.37. The molecule has 0 saturated carbocycles. The molecule has 17 heavy (non-hydrogen) atoms. The molecule has 0 aromatic carbocycles. The van der Waals surface area contributed by atoms with Crippen LogP contribution >= 0.6 is 11.3 Å². The summed E-state index contributed by atoms with van der Waals surface area (Å²) < 4.78 is 0. The number of aryl methyl sites for hydroxylation is 1. The van der Waals surface area contributed by atoms with Crippen LogP contribution in [0.1, 0.15) is 25.8 Å². The zero-order chi connectivity index (χ0) is 12.3. The number of aromatic nitrogens is 2. The number of hydrogen-bond acceptors (Lipinski definition) is 4. The van der Waals surface area contributed by atoms with Crippen LogP contribution in [0, 0.1) is 6.92 Å². The van der Waals surface area contributed by atoms with Crippen molar-refractivity contribution in [2.45, 2.75) is 6.92 Å². The molecule has 2 aromatic heterocycles. The van der Waals surface area contributed by atoms with Crippen LogP contribution in [0.2, 0.25) is 0 Å². The monoisotopic (exact) mass is 246 g/mol. The number of nitrogens with zero attached hydrogens (tertiary/aromatic N) is 2. The quantitative estimate of drug-likeness (QED) is 0.904. The molecular formula is C12H10N2O2S. The van der Waals surface area contributed by atoms with Crippen LogP contribution in [0.4, 0.5) is 0 Å². The largest absolute Gasteiger partial charge is 0.477 e. The fourth-order valence-electron chi connectivity index (χ4n) is 1.33. The van der Waals surface area contributed by atoms with Crippen molar-refractivity contribution >= 4 is 29.5 Å². The molecule has 2 aromatic rings. The molecule has 2 rings (SSSR count). The van der Waals surface area contributed by atoms with Crippen LogP contribution in [0.3, 0.4) is 0 Å². The number of carboxylic acids is 1. The Bertz CT molecular complexity index is 561. The van der Waals surface area contributed by atoms with E-state index in [1.807, 2.05) is 19.1 Å². The first-order valence-electron chi connectivity index (χ1n) is 4.94. The minimum Gasteiger partial charge on any atom is -0.477 e. The second-order valence-corrected chi connectivity index (χ2v) is 4.51. The van der Waals surface area contributed by atoms with Crippen LogP contribution in [-0.4, -0.2) is 21.0 Å². The zero-order valence-electron chi connectivity index (χ0n) is 9.12. The molecule has 0 bridgehead atoms. The number of carbonyl (C=O) groups is 1. The summed E-state index contributed by atoms with van der Waals surface area (Å²) in [7, 11) is 0. The van der Waals surface area contributed by atoms with Gasteiger partial charge in [-0.05, 0) is 36.8 Å². The summed E-state index contributed by atoms with van der Waals surface area (Å²) >= 11 is 1.26. The van der Waals surface area contributed by atoms with Crippen molar-refractivity contribution in [2.24, 2.45) is 0 Å². The first kappa shape index (κ1) is 11.5. The first-order chi connectivity index (χ1) is 8.16. The van der Waals surface area contributed by atoms with E-state index in [0.717, 1.165) is 16.1 Å². The maximum Gasteiger partial charge on any atom is 0.345 e. The van der Waals surface area contributed by atoms with Gasteiger partial charge in [0.15, 0.2) is 0 Å². The Morgan fingerprint density at radius 3 is 2.88 bits per heavy atom. The second-order valence-electron chi connectivity index (χ2n) is 3.43. The average Bonchev–Trinajstić information content (AvgIpc) is 2.70. The Morgan fingerprint density at radius 1 is 1.47 bits per heavy atom. The molecule has 0 aliphatic heterocycles. The van der Waals surface area contributed by atoms with Crippen molar-refractivity contribution in [3.05, 3.63) is 45.7 Å². The van der Waals surface area contributed by atoms with Gasteiger partial charge in [-0.3, -0.25) is 0 Å². The van der Waals surface area contributed by atoms with E-state index in [1.54, 1.807) is 18.3 Å². The Labute approximate surface area is 102 Å². The minimum atomic E-state index is -0.889. The number of aromatic carboxylic acids is 1. The highest BCUT2D eigenvalue weighted by atomic mass is 32.1. The SMILES string of the molecule is Cc1cc(C(=O)O)sc1/C=C/c1ccncn1. The van der Waals surface area contributed by atoms with Crippen molar-refractivity contribution in [3.8, 4) is 0 Å². The van der Waals surface area contributed by atoms with Gasteiger partial charge in [0.05, 0.1) is 5.69 Å². The normalized spacial score (nSPS) is 10.9. The summed E-state index contributed by atoms with van der Waals surface area (Å²) in [5.74, 6) is -0.889. The Morgan fingerprint density at radius 2 is 2.29 bits per heavy atom. The van der Waals surface area contributed by atoms with Gasteiger partial charge in [0.2, 0.25) is 0 Å². The highest BCUT2D eigenvalue weighted by Gasteiger charge is 2.08. The van der Waals surface area contributed by atoms with E-state index >= 15 is 0 Å². The average molecular weight is 246 g/mol. The van der Waals surface area contributed by atoms with Gasteiger partial charge in [0.25, 0.3) is 0 Å². The van der Waals surface area contributed by atoms with Gasteiger partial charge in [-0.25, -0.2) is 14.8 Å². The number of hydrogen-bond donors (Lipinski definition) is 1. The van der Waals surface area contributed by atoms with E-state index in [0.29, 0.717) is 4.88 Å². The van der Waals surface area contributed by atoms with E-state index in [1.165, 1.54) is 17.7 Å². The summed E-state index contributed by atoms with van der Waals surface area (Å²) in [6, 6.07) is 3.46. The molecule has 0 aliphatic rings. The number of rotatable bonds is 3. The summed E-state index contributed by atoms with van der Waals surface area (Å²) in [6.07, 6.45) is 6.85. The summed E-state index contributed by atoms with van der Waals surface area (Å²) in [6.45, 7) is 1.89. The smallest absolute Gasteiger partial charge is 0.345 e. The van der Waals surface area contributed by atoms with Crippen molar-refractivity contribution in [1.82, 2.24) is 9.97 Å². The highest BCUT2D eigenvalue weighted by Crippen LogP contribution is 2.23. The van der Waals surface area contributed by atoms with E-state index in [2.05, 4.69) is 9.97 Å². The lowest BCUT2D eigenvalue weighted by Crippen LogP contribution is -1.89. The molecule has 0 amide bonds. The van der Waals surface area contributed by atoms with Gasteiger partial charge >= 0.3 is 5.97 Å². The maximum atomic E-state index is 10.8. The topological polar surface area (TPSA) is 63.1 Å². The first-order valence-corrected chi connectivity index (χ1v) is 5.76. The molecule has 0 atom stereocenters. The molecule has 1 N–H and O–H groups in total. The molecular weight excluding hydrogens is 236 g/mol. The third kappa shape index (κ3) is 2.76. The molecule has 0 radical (unpaired) electrons. The predicted molar refractivity (Wildman–Crippen MR) is 67.0 cm³/mol. The van der Waals surface area contributed by atoms with Gasteiger partial charge in [0, 0.05) is 11.1 Å². The Balaban J connectivity index is 2.24. The molecule has 86 valence electrons. The van der Waals surface area contributed by atoms with Crippen LogP contribution in [0.15, 0.2) is 24.7 Å². The van der Waals surface area contributed by atoms with Crippen molar-refractivity contribution in [1.29, 1.82) is 0 Å². The number of carboxylic acid groups (broad SMARTS) is 1. The van der Waals surface area contributed by atoms with E-state index in [-0.39, 0.29) is 0 Å². The van der Waals surface area contributed by atoms with Gasteiger partial charge in [-0.2, -0.15) is 0 Å². The molecule has 2 heterocycles. The highest BCUT2D eigenvalue weighted by molar-refractivity contribution is 7.15. The fraction of sp³-hybridized carbons (Fsp3) is 0.0833. The van der Waals surface area contributed by atoms with Crippen molar-refractivity contribution < 1.29 is 9.90 Å². The standard InChI is InChI=1S/C12H10N2O2S/c1-8-6-11(12(15)16)17-10(8)3-2-9-4-5-13-7-14-9/h2-7H,1H3,(H,15,16)/b3-2+.